The maximum absolute atomic E-state index is 9.07. The minimum Gasteiger partial charge on any atom is -0.456 e. The van der Waals surface area contributed by atoms with Gasteiger partial charge >= 0.3 is 0 Å². The fraction of sp³-hybridized carbons (Fsp3) is 0.188. The minimum atomic E-state index is -0.0644. The van der Waals surface area contributed by atoms with Crippen LogP contribution >= 0.6 is 0 Å². The van der Waals surface area contributed by atoms with E-state index in [-0.39, 0.29) is 6.04 Å². The summed E-state index contributed by atoms with van der Waals surface area (Å²) in [5, 5.41) is 9.07. The number of nitrogens with two attached hydrogens (primary N) is 1. The van der Waals surface area contributed by atoms with Gasteiger partial charge in [0, 0.05) is 11.6 Å². The van der Waals surface area contributed by atoms with Crippen molar-refractivity contribution in [1.82, 2.24) is 0 Å². The third-order valence-corrected chi connectivity index (χ3v) is 2.99. The maximum Gasteiger partial charge on any atom is 0.145 e. The van der Waals surface area contributed by atoms with Crippen molar-refractivity contribution in [3.05, 3.63) is 59.7 Å². The van der Waals surface area contributed by atoms with Crippen LogP contribution in [0.5, 0.6) is 11.5 Å². The summed E-state index contributed by atoms with van der Waals surface area (Å²) in [5.74, 6) is 1.26. The van der Waals surface area contributed by atoms with Crippen molar-refractivity contribution in [2.45, 2.75) is 19.4 Å². The second-order valence-electron chi connectivity index (χ2n) is 4.26. The van der Waals surface area contributed by atoms with Crippen molar-refractivity contribution >= 4 is 0 Å². The molecule has 0 radical (unpaired) electrons. The van der Waals surface area contributed by atoms with Gasteiger partial charge in [-0.3, -0.25) is 0 Å². The first kappa shape index (κ1) is 13.1. The van der Waals surface area contributed by atoms with E-state index >= 15 is 0 Å². The van der Waals surface area contributed by atoms with Gasteiger partial charge in [-0.1, -0.05) is 37.3 Å². The molecular weight excluding hydrogens is 236 g/mol. The van der Waals surface area contributed by atoms with Crippen molar-refractivity contribution in [3.63, 3.8) is 0 Å². The first-order valence-corrected chi connectivity index (χ1v) is 6.27. The van der Waals surface area contributed by atoms with Gasteiger partial charge in [-0.25, -0.2) is 0 Å². The Balaban J connectivity index is 2.36. The van der Waals surface area contributed by atoms with Crippen LogP contribution in [-0.2, 0) is 0 Å². The van der Waals surface area contributed by atoms with Crippen LogP contribution in [-0.4, -0.2) is 0 Å². The van der Waals surface area contributed by atoms with E-state index in [0.717, 1.165) is 12.0 Å². The van der Waals surface area contributed by atoms with E-state index in [0.29, 0.717) is 17.1 Å². The topological polar surface area (TPSA) is 59.0 Å². The van der Waals surface area contributed by atoms with Crippen molar-refractivity contribution in [1.29, 1.82) is 5.26 Å². The highest BCUT2D eigenvalue weighted by Crippen LogP contribution is 2.31. The summed E-state index contributed by atoms with van der Waals surface area (Å²) >= 11 is 0. The number of nitrogens with zero attached hydrogens (tertiary/aromatic N) is 1. The van der Waals surface area contributed by atoms with Crippen molar-refractivity contribution in [3.8, 4) is 17.6 Å². The van der Waals surface area contributed by atoms with Gasteiger partial charge in [-0.2, -0.15) is 5.26 Å². The van der Waals surface area contributed by atoms with Crippen LogP contribution in [0.2, 0.25) is 0 Å². The van der Waals surface area contributed by atoms with E-state index in [9.17, 15) is 0 Å². The molecule has 2 aromatic rings. The summed E-state index contributed by atoms with van der Waals surface area (Å²) in [5.41, 5.74) is 7.55. The van der Waals surface area contributed by atoms with Gasteiger partial charge in [-0.15, -0.1) is 0 Å². The van der Waals surface area contributed by atoms with Crippen LogP contribution in [0.4, 0.5) is 0 Å². The van der Waals surface area contributed by atoms with Crippen LogP contribution < -0.4 is 10.5 Å². The molecule has 19 heavy (non-hydrogen) atoms. The van der Waals surface area contributed by atoms with E-state index in [1.165, 1.54) is 0 Å². The molecule has 0 spiro atoms. The molecule has 1 atom stereocenters. The number of hydrogen-bond donors (Lipinski definition) is 1. The lowest BCUT2D eigenvalue weighted by Crippen LogP contribution is -2.09. The molecule has 96 valence electrons. The number of benzene rings is 2. The van der Waals surface area contributed by atoms with E-state index in [2.05, 4.69) is 6.07 Å². The average molecular weight is 252 g/mol. The maximum atomic E-state index is 9.07. The van der Waals surface area contributed by atoms with Gasteiger partial charge in [0.1, 0.15) is 17.6 Å². The monoisotopic (exact) mass is 252 g/mol. The van der Waals surface area contributed by atoms with E-state index in [1.807, 2.05) is 43.3 Å². The second-order valence-corrected chi connectivity index (χ2v) is 4.26. The first-order chi connectivity index (χ1) is 9.26. The Morgan fingerprint density at radius 2 is 1.74 bits per heavy atom. The lowest BCUT2D eigenvalue weighted by Gasteiger charge is -2.15. The molecule has 0 aromatic heterocycles. The molecule has 0 aliphatic heterocycles. The minimum absolute atomic E-state index is 0.0644. The standard InChI is InChI=1S/C16H16N2O/c1-2-14(18)13-8-4-6-10-16(13)19-15-9-5-3-7-12(15)11-17/h3-10,14H,2,18H2,1H3/t14-/m0/s1. The highest BCUT2D eigenvalue weighted by atomic mass is 16.5. The predicted octanol–water partition coefficient (Wildman–Crippen LogP) is 3.76. The molecule has 0 saturated carbocycles. The molecule has 3 heteroatoms. The van der Waals surface area contributed by atoms with Crippen LogP contribution in [0, 0.1) is 11.3 Å². The first-order valence-electron chi connectivity index (χ1n) is 6.27. The van der Waals surface area contributed by atoms with E-state index in [1.54, 1.807) is 12.1 Å². The lowest BCUT2D eigenvalue weighted by atomic mass is 10.0. The highest BCUT2D eigenvalue weighted by molar-refractivity contribution is 5.47. The molecule has 2 rings (SSSR count). The highest BCUT2D eigenvalue weighted by Gasteiger charge is 2.12. The molecule has 0 saturated heterocycles. The zero-order chi connectivity index (χ0) is 13.7. The smallest absolute Gasteiger partial charge is 0.145 e. The summed E-state index contributed by atoms with van der Waals surface area (Å²) in [6, 6.07) is 16.9. The SMILES string of the molecule is CC[C@H](N)c1ccccc1Oc1ccccc1C#N. The molecule has 0 aliphatic rings. The number of ether oxygens (including phenoxy) is 1. The zero-order valence-electron chi connectivity index (χ0n) is 10.8. The number of hydrogen-bond acceptors (Lipinski definition) is 3. The van der Waals surface area contributed by atoms with Gasteiger partial charge in [0.15, 0.2) is 0 Å². The molecular formula is C16H16N2O. The van der Waals surface area contributed by atoms with E-state index in [4.69, 9.17) is 15.7 Å². The Bertz CT molecular complexity index is 602. The summed E-state index contributed by atoms with van der Waals surface area (Å²) < 4.78 is 5.85. The number of nitriles is 1. The molecule has 3 nitrogen and oxygen atoms in total. The predicted molar refractivity (Wildman–Crippen MR) is 74.9 cm³/mol. The van der Waals surface area contributed by atoms with Crippen LogP contribution in [0.25, 0.3) is 0 Å². The molecule has 0 amide bonds. The number of para-hydroxylation sites is 2. The molecule has 0 aliphatic carbocycles. The molecule has 2 N–H and O–H groups in total. The Morgan fingerprint density at radius 3 is 2.42 bits per heavy atom. The van der Waals surface area contributed by atoms with Gasteiger partial charge < -0.3 is 10.5 Å². The van der Waals surface area contributed by atoms with Crippen LogP contribution in [0.15, 0.2) is 48.5 Å². The van der Waals surface area contributed by atoms with Crippen molar-refractivity contribution in [2.75, 3.05) is 0 Å². The quantitative estimate of drug-likeness (QED) is 0.901. The Morgan fingerprint density at radius 1 is 1.11 bits per heavy atom. The Labute approximate surface area is 113 Å². The zero-order valence-corrected chi connectivity index (χ0v) is 10.8. The summed E-state index contributed by atoms with van der Waals surface area (Å²) in [6.07, 6.45) is 0.834. The van der Waals surface area contributed by atoms with Gasteiger partial charge in [0.2, 0.25) is 0 Å². The summed E-state index contributed by atoms with van der Waals surface area (Å²) in [4.78, 5) is 0. The largest absolute Gasteiger partial charge is 0.456 e. The summed E-state index contributed by atoms with van der Waals surface area (Å²) in [6.45, 7) is 2.03. The molecule has 0 bridgehead atoms. The van der Waals surface area contributed by atoms with Gasteiger partial charge in [0.05, 0.1) is 5.56 Å². The van der Waals surface area contributed by atoms with Crippen LogP contribution in [0.3, 0.4) is 0 Å². The van der Waals surface area contributed by atoms with Crippen molar-refractivity contribution in [2.24, 2.45) is 5.73 Å². The molecule has 0 unspecified atom stereocenters. The lowest BCUT2D eigenvalue weighted by molar-refractivity contribution is 0.467. The van der Waals surface area contributed by atoms with Gasteiger partial charge in [0.25, 0.3) is 0 Å². The third kappa shape index (κ3) is 2.93. The Hall–Kier alpha value is -2.31. The van der Waals surface area contributed by atoms with E-state index < -0.39 is 0 Å². The van der Waals surface area contributed by atoms with Crippen LogP contribution in [0.1, 0.15) is 30.5 Å². The second kappa shape index (κ2) is 6.03. The number of rotatable bonds is 4. The van der Waals surface area contributed by atoms with Gasteiger partial charge in [-0.05, 0) is 24.6 Å². The fourth-order valence-electron chi connectivity index (χ4n) is 1.87. The molecule has 2 aromatic carbocycles. The van der Waals surface area contributed by atoms with Crippen molar-refractivity contribution < 1.29 is 4.74 Å². The fourth-order valence-corrected chi connectivity index (χ4v) is 1.87. The Kier molecular flexibility index (Phi) is 4.17. The molecule has 0 heterocycles. The molecule has 0 fully saturated rings. The third-order valence-electron chi connectivity index (χ3n) is 2.99. The average Bonchev–Trinajstić information content (AvgIpc) is 2.47. The normalized spacial score (nSPS) is 11.6. The summed E-state index contributed by atoms with van der Waals surface area (Å²) in [7, 11) is 0.